The lowest BCUT2D eigenvalue weighted by Gasteiger charge is -2.08. The van der Waals surface area contributed by atoms with Gasteiger partial charge in [-0.25, -0.2) is 4.98 Å². The maximum Gasteiger partial charge on any atom is 0.244 e. The number of carbonyl (C=O) groups is 1. The molecule has 0 saturated heterocycles. The van der Waals surface area contributed by atoms with Crippen LogP contribution < -0.4 is 11.1 Å². The molecule has 0 aliphatic heterocycles. The minimum Gasteiger partial charge on any atom is -0.399 e. The first-order chi connectivity index (χ1) is 9.15. The van der Waals surface area contributed by atoms with Crippen molar-refractivity contribution in [2.75, 3.05) is 5.73 Å². The van der Waals surface area contributed by atoms with Crippen molar-refractivity contribution in [1.29, 1.82) is 0 Å². The van der Waals surface area contributed by atoms with Gasteiger partial charge in [0.15, 0.2) is 0 Å². The van der Waals surface area contributed by atoms with E-state index >= 15 is 0 Å². The second kappa shape index (κ2) is 6.15. The van der Waals surface area contributed by atoms with Gasteiger partial charge < -0.3 is 11.1 Å². The van der Waals surface area contributed by atoms with E-state index in [0.717, 1.165) is 10.6 Å². The van der Waals surface area contributed by atoms with Crippen molar-refractivity contribution >= 4 is 29.0 Å². The highest BCUT2D eigenvalue weighted by molar-refractivity contribution is 7.09. The number of anilines is 1. The van der Waals surface area contributed by atoms with Gasteiger partial charge in [0.25, 0.3) is 0 Å². The first-order valence-electron chi connectivity index (χ1n) is 5.88. The van der Waals surface area contributed by atoms with Crippen LogP contribution in [0.4, 0.5) is 5.69 Å². The Hall–Kier alpha value is -2.14. The number of aromatic nitrogens is 1. The van der Waals surface area contributed by atoms with E-state index in [4.69, 9.17) is 5.73 Å². The van der Waals surface area contributed by atoms with Gasteiger partial charge in [-0.3, -0.25) is 4.79 Å². The van der Waals surface area contributed by atoms with Gasteiger partial charge in [0.1, 0.15) is 5.01 Å². The largest absolute Gasteiger partial charge is 0.399 e. The molecule has 0 aliphatic carbocycles. The Morgan fingerprint density at radius 3 is 3.05 bits per heavy atom. The fourth-order valence-electron chi connectivity index (χ4n) is 1.61. The number of carbonyl (C=O) groups excluding carboxylic acids is 1. The Morgan fingerprint density at radius 2 is 2.37 bits per heavy atom. The summed E-state index contributed by atoms with van der Waals surface area (Å²) >= 11 is 1.52. The van der Waals surface area contributed by atoms with Crippen LogP contribution in [0.5, 0.6) is 0 Å². The molecule has 2 rings (SSSR count). The van der Waals surface area contributed by atoms with Crippen molar-refractivity contribution in [3.05, 3.63) is 52.5 Å². The quantitative estimate of drug-likeness (QED) is 0.664. The molecule has 1 unspecified atom stereocenters. The normalized spacial score (nSPS) is 12.5. The molecule has 19 heavy (non-hydrogen) atoms. The second-order valence-electron chi connectivity index (χ2n) is 4.10. The average Bonchev–Trinajstić information content (AvgIpc) is 2.90. The maximum absolute atomic E-state index is 11.8. The summed E-state index contributed by atoms with van der Waals surface area (Å²) in [4.78, 5) is 15.9. The predicted octanol–water partition coefficient (Wildman–Crippen LogP) is 2.62. The van der Waals surface area contributed by atoms with Crippen LogP contribution in [0.1, 0.15) is 23.5 Å². The van der Waals surface area contributed by atoms with Gasteiger partial charge in [0.05, 0.1) is 6.04 Å². The first-order valence-corrected chi connectivity index (χ1v) is 6.76. The van der Waals surface area contributed by atoms with Gasteiger partial charge in [-0.05, 0) is 30.7 Å². The number of hydrogen-bond acceptors (Lipinski definition) is 4. The number of nitrogens with one attached hydrogen (secondary N) is 1. The molecule has 1 amide bonds. The zero-order valence-corrected chi connectivity index (χ0v) is 11.4. The predicted molar refractivity (Wildman–Crippen MR) is 78.6 cm³/mol. The number of nitrogen functional groups attached to an aromatic ring is 1. The molecule has 1 atom stereocenters. The molecule has 98 valence electrons. The second-order valence-corrected chi connectivity index (χ2v) is 5.03. The van der Waals surface area contributed by atoms with E-state index < -0.39 is 0 Å². The van der Waals surface area contributed by atoms with Crippen molar-refractivity contribution in [2.45, 2.75) is 13.0 Å². The summed E-state index contributed by atoms with van der Waals surface area (Å²) in [6.07, 6.45) is 4.96. The van der Waals surface area contributed by atoms with Crippen LogP contribution in [-0.4, -0.2) is 10.9 Å². The highest BCUT2D eigenvalue weighted by Gasteiger charge is 2.09. The lowest BCUT2D eigenvalue weighted by Crippen LogP contribution is -2.24. The van der Waals surface area contributed by atoms with Gasteiger partial charge in [0.2, 0.25) is 5.91 Å². The molecule has 1 aromatic carbocycles. The molecule has 1 heterocycles. The average molecular weight is 273 g/mol. The number of benzene rings is 1. The van der Waals surface area contributed by atoms with Crippen molar-refractivity contribution in [3.8, 4) is 0 Å². The number of rotatable bonds is 4. The van der Waals surface area contributed by atoms with E-state index in [0.29, 0.717) is 5.69 Å². The molecular weight excluding hydrogens is 258 g/mol. The standard InChI is InChI=1S/C14H15N3OS/c1-10(14-16-7-8-19-14)17-13(18)6-5-11-3-2-4-12(15)9-11/h2-10H,15H2,1H3,(H,17,18)/b6-5+. The van der Waals surface area contributed by atoms with Crippen molar-refractivity contribution < 1.29 is 4.79 Å². The molecule has 0 aliphatic rings. The highest BCUT2D eigenvalue weighted by Crippen LogP contribution is 2.14. The van der Waals surface area contributed by atoms with Crippen LogP contribution >= 0.6 is 11.3 Å². The lowest BCUT2D eigenvalue weighted by molar-refractivity contribution is -0.117. The Morgan fingerprint density at radius 1 is 1.53 bits per heavy atom. The van der Waals surface area contributed by atoms with Crippen LogP contribution in [0.3, 0.4) is 0 Å². The van der Waals surface area contributed by atoms with Crippen LogP contribution in [-0.2, 0) is 4.79 Å². The summed E-state index contributed by atoms with van der Waals surface area (Å²) in [6, 6.07) is 7.28. The number of nitrogens with zero attached hydrogens (tertiary/aromatic N) is 1. The molecule has 1 aromatic heterocycles. The third-order valence-corrected chi connectivity index (χ3v) is 3.48. The van der Waals surface area contributed by atoms with E-state index in [2.05, 4.69) is 10.3 Å². The Kier molecular flexibility index (Phi) is 4.30. The molecule has 2 aromatic rings. The van der Waals surface area contributed by atoms with Gasteiger partial charge in [-0.1, -0.05) is 12.1 Å². The van der Waals surface area contributed by atoms with Crippen LogP contribution in [0, 0.1) is 0 Å². The minimum absolute atomic E-state index is 0.0852. The summed E-state index contributed by atoms with van der Waals surface area (Å²) in [6.45, 7) is 1.91. The monoisotopic (exact) mass is 273 g/mol. The molecular formula is C14H15N3OS. The van der Waals surface area contributed by atoms with Crippen molar-refractivity contribution in [2.24, 2.45) is 0 Å². The fraction of sp³-hybridized carbons (Fsp3) is 0.143. The molecule has 4 nitrogen and oxygen atoms in total. The van der Waals surface area contributed by atoms with Gasteiger partial charge in [0, 0.05) is 23.3 Å². The molecule has 0 fully saturated rings. The van der Waals surface area contributed by atoms with Crippen molar-refractivity contribution in [1.82, 2.24) is 10.3 Å². The third kappa shape index (κ3) is 3.93. The van der Waals surface area contributed by atoms with Crippen LogP contribution in [0.15, 0.2) is 41.9 Å². The Bertz CT molecular complexity index is 578. The molecule has 0 spiro atoms. The van der Waals surface area contributed by atoms with E-state index in [-0.39, 0.29) is 11.9 Å². The SMILES string of the molecule is CC(NC(=O)/C=C/c1cccc(N)c1)c1nccs1. The summed E-state index contributed by atoms with van der Waals surface area (Å²) in [7, 11) is 0. The summed E-state index contributed by atoms with van der Waals surface area (Å²) in [5.41, 5.74) is 7.25. The zero-order chi connectivity index (χ0) is 13.7. The number of thiazole rings is 1. The van der Waals surface area contributed by atoms with Crippen LogP contribution in [0.2, 0.25) is 0 Å². The van der Waals surface area contributed by atoms with Crippen LogP contribution in [0.25, 0.3) is 6.08 Å². The molecule has 3 N–H and O–H groups in total. The van der Waals surface area contributed by atoms with Gasteiger partial charge >= 0.3 is 0 Å². The molecule has 0 saturated carbocycles. The smallest absolute Gasteiger partial charge is 0.244 e. The minimum atomic E-state index is -0.148. The van der Waals surface area contributed by atoms with E-state index in [1.165, 1.54) is 17.4 Å². The summed E-state index contributed by atoms with van der Waals surface area (Å²) < 4.78 is 0. The topological polar surface area (TPSA) is 68.0 Å². The molecule has 0 radical (unpaired) electrons. The third-order valence-electron chi connectivity index (χ3n) is 2.52. The molecule has 0 bridgehead atoms. The van der Waals surface area contributed by atoms with Crippen molar-refractivity contribution in [3.63, 3.8) is 0 Å². The summed E-state index contributed by atoms with van der Waals surface area (Å²) in [5, 5.41) is 5.64. The van der Waals surface area contributed by atoms with Gasteiger partial charge in [-0.2, -0.15) is 0 Å². The lowest BCUT2D eigenvalue weighted by atomic mass is 10.2. The number of hydrogen-bond donors (Lipinski definition) is 2. The Labute approximate surface area is 116 Å². The number of amides is 1. The molecule has 5 heteroatoms. The first kappa shape index (κ1) is 13.3. The van der Waals surface area contributed by atoms with Gasteiger partial charge in [-0.15, -0.1) is 11.3 Å². The van der Waals surface area contributed by atoms with E-state index in [1.807, 2.05) is 36.6 Å². The van der Waals surface area contributed by atoms with E-state index in [9.17, 15) is 4.79 Å². The fourth-order valence-corrected chi connectivity index (χ4v) is 2.25. The number of nitrogens with two attached hydrogens (primary N) is 1. The maximum atomic E-state index is 11.8. The Balaban J connectivity index is 1.94. The zero-order valence-electron chi connectivity index (χ0n) is 10.5. The highest BCUT2D eigenvalue weighted by atomic mass is 32.1. The summed E-state index contributed by atoms with van der Waals surface area (Å²) in [5.74, 6) is -0.148. The van der Waals surface area contributed by atoms with E-state index in [1.54, 1.807) is 12.3 Å².